The van der Waals surface area contributed by atoms with Gasteiger partial charge in [-0.1, -0.05) is 19.1 Å². The van der Waals surface area contributed by atoms with Gasteiger partial charge in [-0.15, -0.1) is 0 Å². The van der Waals surface area contributed by atoms with Crippen LogP contribution < -0.4 is 0 Å². The summed E-state index contributed by atoms with van der Waals surface area (Å²) in [4.78, 5) is 4.60. The first kappa shape index (κ1) is 12.8. The number of hydrogen-bond donors (Lipinski definition) is 0. The Bertz CT molecular complexity index is 645. The lowest BCUT2D eigenvalue weighted by molar-refractivity contribution is 0.601. The average Bonchev–Trinajstić information content (AvgIpc) is 2.76. The third kappa shape index (κ3) is 2.98. The lowest BCUT2D eigenvalue weighted by Gasteiger charge is -2.04. The van der Waals surface area contributed by atoms with Crippen molar-refractivity contribution in [3.63, 3.8) is 0 Å². The molecule has 0 aliphatic heterocycles. The van der Waals surface area contributed by atoms with Crippen molar-refractivity contribution in [2.75, 3.05) is 6.26 Å². The Morgan fingerprint density at radius 3 is 2.72 bits per heavy atom. The van der Waals surface area contributed by atoms with Gasteiger partial charge in [0.05, 0.1) is 16.9 Å². The van der Waals surface area contributed by atoms with Crippen LogP contribution in [0.2, 0.25) is 0 Å². The van der Waals surface area contributed by atoms with E-state index >= 15 is 0 Å². The van der Waals surface area contributed by atoms with Gasteiger partial charge in [0.1, 0.15) is 0 Å². The van der Waals surface area contributed by atoms with E-state index in [0.29, 0.717) is 11.4 Å². The molecule has 0 N–H and O–H groups in total. The van der Waals surface area contributed by atoms with Crippen LogP contribution in [0.4, 0.5) is 0 Å². The van der Waals surface area contributed by atoms with Gasteiger partial charge in [-0.25, -0.2) is 13.4 Å². The van der Waals surface area contributed by atoms with E-state index in [1.807, 2.05) is 16.8 Å². The molecule has 4 nitrogen and oxygen atoms in total. The second kappa shape index (κ2) is 4.94. The van der Waals surface area contributed by atoms with Crippen molar-refractivity contribution >= 4 is 9.84 Å². The summed E-state index contributed by atoms with van der Waals surface area (Å²) in [6.07, 6.45) is 5.87. The van der Waals surface area contributed by atoms with Crippen molar-refractivity contribution in [1.29, 1.82) is 0 Å². The predicted octanol–water partition coefficient (Wildman–Crippen LogP) is 1.90. The van der Waals surface area contributed by atoms with E-state index in [1.54, 1.807) is 24.5 Å². The van der Waals surface area contributed by atoms with Gasteiger partial charge in [0.15, 0.2) is 9.84 Å². The van der Waals surface area contributed by atoms with E-state index in [4.69, 9.17) is 0 Å². The topological polar surface area (TPSA) is 52.0 Å². The van der Waals surface area contributed by atoms with Gasteiger partial charge < -0.3 is 4.57 Å². The zero-order chi connectivity index (χ0) is 13.2. The van der Waals surface area contributed by atoms with Crippen molar-refractivity contribution < 1.29 is 8.42 Å². The Kier molecular flexibility index (Phi) is 3.52. The number of hydrogen-bond acceptors (Lipinski definition) is 3. The molecular weight excluding hydrogens is 248 g/mol. The van der Waals surface area contributed by atoms with Crippen molar-refractivity contribution in [2.24, 2.45) is 0 Å². The molecule has 0 saturated heterocycles. The maximum absolute atomic E-state index is 11.5. The highest BCUT2D eigenvalue weighted by Gasteiger charge is 2.07. The monoisotopic (exact) mass is 264 g/mol. The Labute approximate surface area is 107 Å². The summed E-state index contributed by atoms with van der Waals surface area (Å²) >= 11 is 0. The summed E-state index contributed by atoms with van der Waals surface area (Å²) in [5, 5.41) is 0. The molecule has 1 aromatic carbocycles. The molecule has 1 aromatic heterocycles. The molecule has 2 aromatic rings. The largest absolute Gasteiger partial charge is 0.333 e. The number of benzene rings is 1. The SMILES string of the molecule is CCc1cn(Cc2cccc(S(C)(=O)=O)c2)cn1. The van der Waals surface area contributed by atoms with Crippen LogP contribution >= 0.6 is 0 Å². The third-order valence-corrected chi connectivity index (χ3v) is 3.85. The molecule has 0 atom stereocenters. The Morgan fingerprint density at radius 1 is 1.33 bits per heavy atom. The normalized spacial score (nSPS) is 11.7. The second-order valence-corrected chi connectivity index (χ2v) is 6.33. The van der Waals surface area contributed by atoms with E-state index in [-0.39, 0.29) is 0 Å². The summed E-state index contributed by atoms with van der Waals surface area (Å²) in [5.41, 5.74) is 1.99. The number of imidazole rings is 1. The molecule has 1 heterocycles. The molecule has 0 unspecified atom stereocenters. The van der Waals surface area contributed by atoms with Crippen LogP contribution in [0, 0.1) is 0 Å². The number of aromatic nitrogens is 2. The molecule has 0 saturated carbocycles. The Morgan fingerprint density at radius 2 is 2.11 bits per heavy atom. The molecule has 96 valence electrons. The Balaban J connectivity index is 2.24. The molecule has 5 heteroatoms. The lowest BCUT2D eigenvalue weighted by Crippen LogP contribution is -2.01. The van der Waals surface area contributed by atoms with Gasteiger partial charge in [0, 0.05) is 19.0 Å². The lowest BCUT2D eigenvalue weighted by atomic mass is 10.2. The molecular formula is C13H16N2O2S. The summed E-state index contributed by atoms with van der Waals surface area (Å²) in [6, 6.07) is 7.01. The summed E-state index contributed by atoms with van der Waals surface area (Å²) < 4.78 is 24.9. The zero-order valence-corrected chi connectivity index (χ0v) is 11.3. The van der Waals surface area contributed by atoms with Crippen LogP contribution in [0.5, 0.6) is 0 Å². The van der Waals surface area contributed by atoms with E-state index in [2.05, 4.69) is 11.9 Å². The molecule has 2 rings (SSSR count). The first-order valence-electron chi connectivity index (χ1n) is 5.78. The standard InChI is InChI=1S/C13H16N2O2S/c1-3-12-9-15(10-14-12)8-11-5-4-6-13(7-11)18(2,16)17/h4-7,9-10H,3,8H2,1-2H3. The molecule has 0 radical (unpaired) electrons. The number of nitrogens with zero attached hydrogens (tertiary/aromatic N) is 2. The van der Waals surface area contributed by atoms with Crippen LogP contribution in [0.25, 0.3) is 0 Å². The second-order valence-electron chi connectivity index (χ2n) is 4.31. The highest BCUT2D eigenvalue weighted by atomic mass is 32.2. The van der Waals surface area contributed by atoms with Crippen LogP contribution in [-0.4, -0.2) is 24.2 Å². The zero-order valence-electron chi connectivity index (χ0n) is 10.5. The van der Waals surface area contributed by atoms with Gasteiger partial charge in [-0.05, 0) is 24.1 Å². The van der Waals surface area contributed by atoms with Crippen LogP contribution in [-0.2, 0) is 22.8 Å². The average molecular weight is 264 g/mol. The van der Waals surface area contributed by atoms with E-state index < -0.39 is 9.84 Å². The fourth-order valence-electron chi connectivity index (χ4n) is 1.76. The van der Waals surface area contributed by atoms with Crippen molar-refractivity contribution in [3.05, 3.63) is 48.0 Å². The van der Waals surface area contributed by atoms with E-state index in [0.717, 1.165) is 17.7 Å². The number of aryl methyl sites for hydroxylation is 1. The van der Waals surface area contributed by atoms with Crippen LogP contribution in [0.1, 0.15) is 18.2 Å². The molecule has 0 aliphatic carbocycles. The van der Waals surface area contributed by atoms with Crippen molar-refractivity contribution in [3.8, 4) is 0 Å². The van der Waals surface area contributed by atoms with Gasteiger partial charge in [-0.2, -0.15) is 0 Å². The number of rotatable bonds is 4. The highest BCUT2D eigenvalue weighted by Crippen LogP contribution is 2.12. The molecule has 0 bridgehead atoms. The van der Waals surface area contributed by atoms with Crippen molar-refractivity contribution in [1.82, 2.24) is 9.55 Å². The van der Waals surface area contributed by atoms with E-state index in [9.17, 15) is 8.42 Å². The summed E-state index contributed by atoms with van der Waals surface area (Å²) in [7, 11) is -3.14. The first-order valence-corrected chi connectivity index (χ1v) is 7.68. The maximum Gasteiger partial charge on any atom is 0.175 e. The first-order chi connectivity index (χ1) is 8.49. The van der Waals surface area contributed by atoms with Gasteiger partial charge >= 0.3 is 0 Å². The molecule has 0 spiro atoms. The maximum atomic E-state index is 11.5. The van der Waals surface area contributed by atoms with Crippen molar-refractivity contribution in [2.45, 2.75) is 24.8 Å². The summed E-state index contributed by atoms with van der Waals surface area (Å²) in [6.45, 7) is 2.69. The van der Waals surface area contributed by atoms with Gasteiger partial charge in [0.2, 0.25) is 0 Å². The molecule has 18 heavy (non-hydrogen) atoms. The molecule has 0 amide bonds. The van der Waals surface area contributed by atoms with Crippen LogP contribution in [0.3, 0.4) is 0 Å². The minimum atomic E-state index is -3.14. The van der Waals surface area contributed by atoms with Crippen LogP contribution in [0.15, 0.2) is 41.7 Å². The van der Waals surface area contributed by atoms with E-state index in [1.165, 1.54) is 6.26 Å². The highest BCUT2D eigenvalue weighted by molar-refractivity contribution is 7.90. The fraction of sp³-hybridized carbons (Fsp3) is 0.308. The number of sulfone groups is 1. The third-order valence-electron chi connectivity index (χ3n) is 2.74. The summed E-state index contributed by atoms with van der Waals surface area (Å²) in [5.74, 6) is 0. The quantitative estimate of drug-likeness (QED) is 0.847. The smallest absolute Gasteiger partial charge is 0.175 e. The van der Waals surface area contributed by atoms with Gasteiger partial charge in [-0.3, -0.25) is 0 Å². The predicted molar refractivity (Wildman–Crippen MR) is 70.3 cm³/mol. The Hall–Kier alpha value is -1.62. The minimum absolute atomic E-state index is 0.357. The van der Waals surface area contributed by atoms with Gasteiger partial charge in [0.25, 0.3) is 0 Å². The fourth-order valence-corrected chi connectivity index (χ4v) is 2.45. The molecule has 0 aliphatic rings. The molecule has 0 fully saturated rings. The minimum Gasteiger partial charge on any atom is -0.333 e.